The first kappa shape index (κ1) is 15.8. The first-order valence-electron chi connectivity index (χ1n) is 7.80. The highest BCUT2D eigenvalue weighted by molar-refractivity contribution is 6.31. The summed E-state index contributed by atoms with van der Waals surface area (Å²) < 4.78 is 5.40. The number of rotatable bonds is 2. The summed E-state index contributed by atoms with van der Waals surface area (Å²) >= 11 is 6.09. The molecule has 4 rings (SSSR count). The zero-order chi connectivity index (χ0) is 17.4. The number of hydrogen-bond donors (Lipinski definition) is 2. The molecule has 1 aromatic carbocycles. The van der Waals surface area contributed by atoms with Crippen molar-refractivity contribution in [2.45, 2.75) is 0 Å². The summed E-state index contributed by atoms with van der Waals surface area (Å²) in [6, 6.07) is 5.24. The number of anilines is 3. The second kappa shape index (κ2) is 6.30. The lowest BCUT2D eigenvalue weighted by Crippen LogP contribution is -2.37. The van der Waals surface area contributed by atoms with E-state index in [1.54, 1.807) is 24.4 Å². The molecule has 0 aliphatic carbocycles. The predicted molar refractivity (Wildman–Crippen MR) is 97.4 cm³/mol. The molecule has 1 aliphatic heterocycles. The molecule has 0 atom stereocenters. The minimum absolute atomic E-state index is 0.165. The molecule has 3 heterocycles. The topological polar surface area (TPSA) is 116 Å². The molecule has 25 heavy (non-hydrogen) atoms. The molecule has 0 amide bonds. The monoisotopic (exact) mass is 357 g/mol. The zero-order valence-corrected chi connectivity index (χ0v) is 14.1. The Morgan fingerprint density at radius 1 is 1.08 bits per heavy atom. The van der Waals surface area contributed by atoms with Crippen LogP contribution in [0.15, 0.2) is 24.4 Å². The van der Waals surface area contributed by atoms with Crippen LogP contribution in [0.3, 0.4) is 0 Å². The lowest BCUT2D eigenvalue weighted by atomic mass is 10.1. The third-order valence-electron chi connectivity index (χ3n) is 4.01. The Hall–Kier alpha value is -2.71. The van der Waals surface area contributed by atoms with Gasteiger partial charge in [-0.1, -0.05) is 11.6 Å². The highest BCUT2D eigenvalue weighted by Crippen LogP contribution is 2.30. The molecule has 0 unspecified atom stereocenters. The first-order valence-corrected chi connectivity index (χ1v) is 8.18. The number of nitrogens with two attached hydrogens (primary N) is 2. The van der Waals surface area contributed by atoms with Crippen molar-refractivity contribution in [2.24, 2.45) is 0 Å². The van der Waals surface area contributed by atoms with Gasteiger partial charge in [-0.05, 0) is 18.2 Å². The maximum absolute atomic E-state index is 6.09. The van der Waals surface area contributed by atoms with Crippen LogP contribution in [0.2, 0.25) is 5.02 Å². The van der Waals surface area contributed by atoms with Gasteiger partial charge in [0.05, 0.1) is 25.1 Å². The van der Waals surface area contributed by atoms with Crippen molar-refractivity contribution in [1.82, 2.24) is 19.9 Å². The standard InChI is InChI=1S/C16H16ClN7O/c17-9-1-2-11(18)10(7-9)12-8-20-14-13(21-12)15(23-16(19)22-14)24-3-5-25-6-4-24/h1-2,7-8H,3-6,18H2,(H2,19,20,22,23). The molecule has 9 heteroatoms. The smallest absolute Gasteiger partial charge is 0.224 e. The van der Waals surface area contributed by atoms with Crippen LogP contribution >= 0.6 is 11.6 Å². The molecule has 128 valence electrons. The second-order valence-corrected chi connectivity index (χ2v) is 6.10. The summed E-state index contributed by atoms with van der Waals surface area (Å²) in [5.41, 5.74) is 14.8. The van der Waals surface area contributed by atoms with Crippen LogP contribution in [-0.4, -0.2) is 46.2 Å². The number of hydrogen-bond acceptors (Lipinski definition) is 8. The Morgan fingerprint density at radius 2 is 1.88 bits per heavy atom. The van der Waals surface area contributed by atoms with E-state index in [1.165, 1.54) is 0 Å². The maximum atomic E-state index is 6.09. The molecule has 1 saturated heterocycles. The van der Waals surface area contributed by atoms with Gasteiger partial charge < -0.3 is 21.1 Å². The van der Waals surface area contributed by atoms with Gasteiger partial charge in [0.1, 0.15) is 0 Å². The van der Waals surface area contributed by atoms with E-state index in [9.17, 15) is 0 Å². The number of benzene rings is 1. The normalized spacial score (nSPS) is 14.8. The van der Waals surface area contributed by atoms with Gasteiger partial charge in [0.15, 0.2) is 17.0 Å². The molecule has 0 bridgehead atoms. The van der Waals surface area contributed by atoms with E-state index in [-0.39, 0.29) is 5.95 Å². The fourth-order valence-corrected chi connectivity index (χ4v) is 2.96. The van der Waals surface area contributed by atoms with Gasteiger partial charge in [-0.25, -0.2) is 9.97 Å². The average Bonchev–Trinajstić information content (AvgIpc) is 2.63. The zero-order valence-electron chi connectivity index (χ0n) is 13.3. The van der Waals surface area contributed by atoms with Gasteiger partial charge in [0.25, 0.3) is 0 Å². The van der Waals surface area contributed by atoms with E-state index in [0.717, 1.165) is 0 Å². The third-order valence-corrected chi connectivity index (χ3v) is 4.24. The van der Waals surface area contributed by atoms with Crippen molar-refractivity contribution in [1.29, 1.82) is 0 Å². The summed E-state index contributed by atoms with van der Waals surface area (Å²) in [5, 5.41) is 0.577. The van der Waals surface area contributed by atoms with Gasteiger partial charge in [0.2, 0.25) is 5.95 Å². The maximum Gasteiger partial charge on any atom is 0.224 e. The number of nitrogens with zero attached hydrogens (tertiary/aromatic N) is 5. The molecule has 0 radical (unpaired) electrons. The third kappa shape index (κ3) is 3.01. The Balaban J connectivity index is 1.89. The Labute approximate surface area is 148 Å². The van der Waals surface area contributed by atoms with Crippen LogP contribution in [0.4, 0.5) is 17.5 Å². The molecule has 1 aliphatic rings. The largest absolute Gasteiger partial charge is 0.398 e. The fourth-order valence-electron chi connectivity index (χ4n) is 2.79. The number of nitrogen functional groups attached to an aromatic ring is 2. The van der Waals surface area contributed by atoms with Crippen molar-refractivity contribution >= 4 is 40.2 Å². The first-order chi connectivity index (χ1) is 12.1. The van der Waals surface area contributed by atoms with Crippen molar-refractivity contribution < 1.29 is 4.74 Å². The number of halogens is 1. The molecule has 0 saturated carbocycles. The lowest BCUT2D eigenvalue weighted by molar-refractivity contribution is 0.122. The summed E-state index contributed by atoms with van der Waals surface area (Å²) in [4.78, 5) is 19.7. The summed E-state index contributed by atoms with van der Waals surface area (Å²) in [7, 11) is 0. The molecule has 3 aromatic rings. The average molecular weight is 358 g/mol. The van der Waals surface area contributed by atoms with E-state index < -0.39 is 0 Å². The number of aromatic nitrogens is 4. The molecule has 2 aromatic heterocycles. The van der Waals surface area contributed by atoms with E-state index in [2.05, 4.69) is 19.9 Å². The van der Waals surface area contributed by atoms with Crippen molar-refractivity contribution in [2.75, 3.05) is 42.7 Å². The highest BCUT2D eigenvalue weighted by atomic mass is 35.5. The summed E-state index contributed by atoms with van der Waals surface area (Å²) in [5.74, 6) is 0.819. The van der Waals surface area contributed by atoms with Crippen LogP contribution in [-0.2, 0) is 4.74 Å². The van der Waals surface area contributed by atoms with Crippen molar-refractivity contribution in [3.05, 3.63) is 29.4 Å². The van der Waals surface area contributed by atoms with Crippen molar-refractivity contribution in [3.8, 4) is 11.3 Å². The van der Waals surface area contributed by atoms with Gasteiger partial charge in [-0.15, -0.1) is 0 Å². The van der Waals surface area contributed by atoms with Crippen LogP contribution in [0.25, 0.3) is 22.4 Å². The fraction of sp³-hybridized carbons (Fsp3) is 0.250. The van der Waals surface area contributed by atoms with E-state index in [1.807, 2.05) is 0 Å². The quantitative estimate of drug-likeness (QED) is 0.666. The summed E-state index contributed by atoms with van der Waals surface area (Å²) in [6.07, 6.45) is 1.61. The van der Waals surface area contributed by atoms with Gasteiger partial charge in [-0.3, -0.25) is 0 Å². The second-order valence-electron chi connectivity index (χ2n) is 5.66. The number of fused-ring (bicyclic) bond motifs is 1. The molecular weight excluding hydrogens is 342 g/mol. The number of ether oxygens (including phenoxy) is 1. The molecule has 8 nitrogen and oxygen atoms in total. The van der Waals surface area contributed by atoms with Crippen LogP contribution in [0, 0.1) is 0 Å². The molecule has 1 fully saturated rings. The molecule has 4 N–H and O–H groups in total. The van der Waals surface area contributed by atoms with E-state index >= 15 is 0 Å². The lowest BCUT2D eigenvalue weighted by Gasteiger charge is -2.28. The SMILES string of the molecule is Nc1nc(N2CCOCC2)c2nc(-c3cc(Cl)ccc3N)cnc2n1. The van der Waals surface area contributed by atoms with E-state index in [4.69, 9.17) is 32.8 Å². The van der Waals surface area contributed by atoms with Crippen molar-refractivity contribution in [3.63, 3.8) is 0 Å². The number of morpholine rings is 1. The Kier molecular flexibility index (Phi) is 3.98. The van der Waals surface area contributed by atoms with Gasteiger partial charge >= 0.3 is 0 Å². The van der Waals surface area contributed by atoms with Crippen LogP contribution < -0.4 is 16.4 Å². The minimum Gasteiger partial charge on any atom is -0.398 e. The molecular formula is C16H16ClN7O. The Morgan fingerprint density at radius 3 is 2.68 bits per heavy atom. The van der Waals surface area contributed by atoms with Gasteiger partial charge in [-0.2, -0.15) is 9.97 Å². The van der Waals surface area contributed by atoms with Crippen LogP contribution in [0.5, 0.6) is 0 Å². The molecule has 0 spiro atoms. The minimum atomic E-state index is 0.165. The Bertz CT molecular complexity index is 943. The van der Waals surface area contributed by atoms with Gasteiger partial charge in [0, 0.05) is 29.4 Å². The summed E-state index contributed by atoms with van der Waals surface area (Å²) in [6.45, 7) is 2.66. The highest BCUT2D eigenvalue weighted by Gasteiger charge is 2.19. The predicted octanol–water partition coefficient (Wildman–Crippen LogP) is 1.74. The van der Waals surface area contributed by atoms with E-state index in [0.29, 0.717) is 65.3 Å². The van der Waals surface area contributed by atoms with Crippen LogP contribution in [0.1, 0.15) is 0 Å².